The molecule has 0 spiro atoms. The van der Waals surface area contributed by atoms with E-state index in [0.717, 1.165) is 0 Å². The van der Waals surface area contributed by atoms with Gasteiger partial charge >= 0.3 is 5.97 Å². The Labute approximate surface area is 151 Å². The van der Waals surface area contributed by atoms with Crippen molar-refractivity contribution < 1.29 is 28.2 Å². The van der Waals surface area contributed by atoms with Gasteiger partial charge in [0.05, 0.1) is 18.1 Å². The van der Waals surface area contributed by atoms with Crippen molar-refractivity contribution in [1.82, 2.24) is 14.5 Å². The summed E-state index contributed by atoms with van der Waals surface area (Å²) >= 11 is 0. The van der Waals surface area contributed by atoms with Crippen LogP contribution in [0.4, 0.5) is 0 Å². The molecule has 2 fully saturated rings. The van der Waals surface area contributed by atoms with E-state index in [1.165, 1.54) is 11.8 Å². The number of hydrogen-bond acceptors (Lipinski definition) is 6. The molecule has 3 aliphatic rings. The summed E-state index contributed by atoms with van der Waals surface area (Å²) in [7, 11) is -3.79. The molecule has 11 heteroatoms. The predicted molar refractivity (Wildman–Crippen MR) is 90.7 cm³/mol. The number of likely N-dealkylation sites (tertiary alicyclic amines) is 1. The maximum atomic E-state index is 12.3. The Morgan fingerprint density at radius 2 is 2.12 bits per heavy atom. The number of fused-ring (bicyclic) bond motifs is 1. The minimum atomic E-state index is -3.79. The van der Waals surface area contributed by atoms with E-state index in [9.17, 15) is 28.2 Å². The first kappa shape index (κ1) is 19.2. The molecule has 5 N–H and O–H groups in total. The SMILES string of the molecule is C[C@@H](O)C1C(=O)N2C(C(=O)O)=C(CN3CC[C@H](NS(N)(=O)=O)C3)[C@H](C)C12. The highest BCUT2D eigenvalue weighted by atomic mass is 32.2. The summed E-state index contributed by atoms with van der Waals surface area (Å²) in [5, 5.41) is 24.4. The summed E-state index contributed by atoms with van der Waals surface area (Å²) in [5.74, 6) is -2.31. The molecule has 0 radical (unpaired) electrons. The molecule has 0 aliphatic carbocycles. The van der Waals surface area contributed by atoms with E-state index in [1.807, 2.05) is 11.8 Å². The van der Waals surface area contributed by atoms with Crippen LogP contribution in [0.15, 0.2) is 11.3 Å². The van der Waals surface area contributed by atoms with Crippen LogP contribution in [0.1, 0.15) is 20.3 Å². The third-order valence-corrected chi connectivity index (χ3v) is 6.18. The Balaban J connectivity index is 1.77. The molecule has 2 unspecified atom stereocenters. The number of β-lactam (4-membered cyclic amide) rings is 1. The first-order valence-electron chi connectivity index (χ1n) is 8.51. The lowest BCUT2D eigenvalue weighted by Gasteiger charge is -2.46. The van der Waals surface area contributed by atoms with Crippen LogP contribution in [-0.2, 0) is 19.8 Å². The number of carboxylic acid groups (broad SMARTS) is 1. The lowest BCUT2D eigenvalue weighted by atomic mass is 9.77. The Bertz CT molecular complexity index is 764. The van der Waals surface area contributed by atoms with Crippen LogP contribution >= 0.6 is 0 Å². The van der Waals surface area contributed by atoms with Gasteiger partial charge in [-0.15, -0.1) is 0 Å². The second kappa shape index (κ2) is 6.57. The van der Waals surface area contributed by atoms with Gasteiger partial charge in [0.2, 0.25) is 5.91 Å². The van der Waals surface area contributed by atoms with Gasteiger partial charge in [0.15, 0.2) is 0 Å². The fraction of sp³-hybridized carbons (Fsp3) is 0.733. The molecule has 26 heavy (non-hydrogen) atoms. The van der Waals surface area contributed by atoms with Crippen molar-refractivity contribution in [2.24, 2.45) is 17.0 Å². The number of nitrogens with two attached hydrogens (primary N) is 1. The average molecular weight is 388 g/mol. The Morgan fingerprint density at radius 1 is 1.46 bits per heavy atom. The number of hydrogen-bond donors (Lipinski definition) is 4. The van der Waals surface area contributed by atoms with Crippen molar-refractivity contribution >= 4 is 22.1 Å². The molecule has 5 atom stereocenters. The molecule has 146 valence electrons. The number of rotatable bonds is 6. The van der Waals surface area contributed by atoms with E-state index in [1.54, 1.807) is 0 Å². The van der Waals surface area contributed by atoms with E-state index >= 15 is 0 Å². The minimum absolute atomic E-state index is 0.00717. The van der Waals surface area contributed by atoms with Crippen molar-refractivity contribution in [3.63, 3.8) is 0 Å². The molecular weight excluding hydrogens is 364 g/mol. The molecule has 0 aromatic heterocycles. The summed E-state index contributed by atoms with van der Waals surface area (Å²) in [6, 6.07) is -0.663. The maximum Gasteiger partial charge on any atom is 0.352 e. The number of nitrogens with one attached hydrogen (secondary N) is 1. The van der Waals surface area contributed by atoms with Crippen molar-refractivity contribution in [3.8, 4) is 0 Å². The molecule has 0 aromatic rings. The summed E-state index contributed by atoms with van der Waals surface area (Å²) in [4.78, 5) is 27.3. The van der Waals surface area contributed by atoms with Crippen LogP contribution in [0, 0.1) is 11.8 Å². The molecule has 1 amide bonds. The third-order valence-electron chi connectivity index (χ3n) is 5.52. The van der Waals surface area contributed by atoms with Gasteiger partial charge in [0, 0.05) is 31.6 Å². The first-order chi connectivity index (χ1) is 12.0. The molecular formula is C15H24N4O6S. The van der Waals surface area contributed by atoms with Gasteiger partial charge in [0.1, 0.15) is 5.70 Å². The number of nitrogens with zero attached hydrogens (tertiary/aromatic N) is 2. The van der Waals surface area contributed by atoms with Crippen LogP contribution in [0.5, 0.6) is 0 Å². The molecule has 0 saturated carbocycles. The lowest BCUT2D eigenvalue weighted by Crippen LogP contribution is -2.63. The van der Waals surface area contributed by atoms with Crippen molar-refractivity contribution in [3.05, 3.63) is 11.3 Å². The second-order valence-electron chi connectivity index (χ2n) is 7.32. The van der Waals surface area contributed by atoms with E-state index in [2.05, 4.69) is 4.72 Å². The number of carboxylic acids is 1. The zero-order chi connectivity index (χ0) is 19.4. The molecule has 0 bridgehead atoms. The highest BCUT2D eigenvalue weighted by molar-refractivity contribution is 7.87. The Kier molecular flexibility index (Phi) is 4.86. The number of aliphatic hydroxyl groups excluding tert-OH is 1. The number of aliphatic carboxylic acids is 1. The molecule has 3 aliphatic heterocycles. The standard InChI is InChI=1S/C15H24N4O6S/c1-7-10(6-18-4-3-9(5-18)17-26(16,24)25)13(15(22)23)19-12(7)11(8(2)20)14(19)21/h7-9,11-12,17,20H,3-6H2,1-2H3,(H,22,23)(H2,16,24,25)/t7-,8+,9-,11?,12?/m0/s1. The van der Waals surface area contributed by atoms with Crippen molar-refractivity contribution in [1.29, 1.82) is 0 Å². The van der Waals surface area contributed by atoms with Crippen LogP contribution in [0.2, 0.25) is 0 Å². The lowest BCUT2D eigenvalue weighted by molar-refractivity contribution is -0.163. The van der Waals surface area contributed by atoms with Gasteiger partial charge in [0.25, 0.3) is 10.2 Å². The monoisotopic (exact) mass is 388 g/mol. The van der Waals surface area contributed by atoms with Crippen LogP contribution < -0.4 is 9.86 Å². The third kappa shape index (κ3) is 3.25. The topological polar surface area (TPSA) is 153 Å². The molecule has 3 rings (SSSR count). The molecule has 10 nitrogen and oxygen atoms in total. The Hall–Kier alpha value is -1.53. The van der Waals surface area contributed by atoms with Gasteiger partial charge in [-0.25, -0.2) is 9.93 Å². The number of carbonyl (C=O) groups is 2. The van der Waals surface area contributed by atoms with E-state index in [4.69, 9.17) is 5.14 Å². The summed E-state index contributed by atoms with van der Waals surface area (Å²) in [6.45, 7) is 4.74. The van der Waals surface area contributed by atoms with Gasteiger partial charge < -0.3 is 15.1 Å². The maximum absolute atomic E-state index is 12.3. The van der Waals surface area contributed by atoms with Gasteiger partial charge in [-0.05, 0) is 18.9 Å². The fourth-order valence-electron chi connectivity index (χ4n) is 4.40. The zero-order valence-electron chi connectivity index (χ0n) is 14.6. The van der Waals surface area contributed by atoms with Gasteiger partial charge in [-0.3, -0.25) is 9.69 Å². The fourth-order valence-corrected chi connectivity index (χ4v) is 5.06. The number of aliphatic hydroxyl groups is 1. The largest absolute Gasteiger partial charge is 0.477 e. The second-order valence-corrected chi connectivity index (χ2v) is 8.64. The quantitative estimate of drug-likeness (QED) is 0.386. The van der Waals surface area contributed by atoms with Gasteiger partial charge in [-0.1, -0.05) is 6.92 Å². The predicted octanol–water partition coefficient (Wildman–Crippen LogP) is -1.95. The normalized spacial score (nSPS) is 33.4. The van der Waals surface area contributed by atoms with E-state index in [-0.39, 0.29) is 29.6 Å². The van der Waals surface area contributed by atoms with Gasteiger partial charge in [-0.2, -0.15) is 13.1 Å². The van der Waals surface area contributed by atoms with Crippen LogP contribution in [0.3, 0.4) is 0 Å². The number of carbonyl (C=O) groups excluding carboxylic acids is 1. The smallest absolute Gasteiger partial charge is 0.352 e. The number of amides is 1. The Morgan fingerprint density at radius 3 is 2.65 bits per heavy atom. The van der Waals surface area contributed by atoms with E-state index in [0.29, 0.717) is 31.6 Å². The summed E-state index contributed by atoms with van der Waals surface area (Å²) in [6.07, 6.45) is -0.265. The summed E-state index contributed by atoms with van der Waals surface area (Å²) in [5.41, 5.74) is 0.627. The van der Waals surface area contributed by atoms with Crippen molar-refractivity contribution in [2.45, 2.75) is 38.5 Å². The van der Waals surface area contributed by atoms with Crippen LogP contribution in [0.25, 0.3) is 0 Å². The highest BCUT2D eigenvalue weighted by Crippen LogP contribution is 2.47. The summed E-state index contributed by atoms with van der Waals surface area (Å²) < 4.78 is 24.7. The molecule has 2 saturated heterocycles. The first-order valence-corrected chi connectivity index (χ1v) is 10.1. The average Bonchev–Trinajstić information content (AvgIpc) is 3.00. The van der Waals surface area contributed by atoms with Crippen LogP contribution in [-0.4, -0.2) is 78.1 Å². The van der Waals surface area contributed by atoms with Crippen molar-refractivity contribution in [2.75, 3.05) is 19.6 Å². The molecule has 3 heterocycles. The molecule has 0 aromatic carbocycles. The zero-order valence-corrected chi connectivity index (χ0v) is 15.4. The van der Waals surface area contributed by atoms with E-state index < -0.39 is 28.2 Å². The highest BCUT2D eigenvalue weighted by Gasteiger charge is 2.59. The minimum Gasteiger partial charge on any atom is -0.477 e.